The van der Waals surface area contributed by atoms with Crippen molar-refractivity contribution in [2.75, 3.05) is 0 Å². The lowest BCUT2D eigenvalue weighted by atomic mass is 10.1. The molecule has 0 N–H and O–H groups in total. The maximum Gasteiger partial charge on any atom is 0.164 e. The van der Waals surface area contributed by atoms with Crippen molar-refractivity contribution in [2.24, 2.45) is 0 Å². The first-order valence-corrected chi connectivity index (χ1v) is 9.30. The average molecular weight is 399 g/mol. The minimum atomic E-state index is -0.474. The summed E-state index contributed by atoms with van der Waals surface area (Å²) < 4.78 is 40.7. The van der Waals surface area contributed by atoms with Gasteiger partial charge in [0.2, 0.25) is 0 Å². The number of benzene rings is 4. The molecule has 1 heterocycles. The highest BCUT2D eigenvalue weighted by molar-refractivity contribution is 6.30. The normalized spacial score (nSPS) is 13.3. The Labute approximate surface area is 180 Å². The molecule has 0 radical (unpaired) electrons. The standard InChI is InChI=1S/C25H16ClN3/c26-22-12-6-11-20(16-22)24-27-23(18-8-2-1-3-9-18)28-25(29-24)21-14-13-17-7-4-5-10-19(17)15-21/h1-16H/i1D,2D,3D,8D,9D. The van der Waals surface area contributed by atoms with Gasteiger partial charge in [0.15, 0.2) is 17.5 Å². The van der Waals surface area contributed by atoms with Crippen LogP contribution in [0.5, 0.6) is 0 Å². The monoisotopic (exact) mass is 398 g/mol. The lowest BCUT2D eigenvalue weighted by Gasteiger charge is -2.09. The van der Waals surface area contributed by atoms with Crippen LogP contribution in [0.4, 0.5) is 0 Å². The van der Waals surface area contributed by atoms with Gasteiger partial charge in [0.25, 0.3) is 0 Å². The van der Waals surface area contributed by atoms with Gasteiger partial charge in [0.05, 0.1) is 6.85 Å². The summed E-state index contributed by atoms with van der Waals surface area (Å²) in [5.74, 6) is 0.588. The van der Waals surface area contributed by atoms with E-state index in [0.29, 0.717) is 22.0 Å². The molecule has 0 saturated heterocycles. The van der Waals surface area contributed by atoms with Crippen LogP contribution in [-0.2, 0) is 0 Å². The van der Waals surface area contributed by atoms with Crippen LogP contribution in [0.3, 0.4) is 0 Å². The Morgan fingerprint density at radius 3 is 1.97 bits per heavy atom. The van der Waals surface area contributed by atoms with Crippen molar-refractivity contribution >= 4 is 22.4 Å². The smallest absolute Gasteiger partial charge is 0.164 e. The highest BCUT2D eigenvalue weighted by Gasteiger charge is 2.12. The fourth-order valence-corrected chi connectivity index (χ4v) is 3.25. The molecule has 0 aliphatic rings. The van der Waals surface area contributed by atoms with E-state index in [9.17, 15) is 0 Å². The largest absolute Gasteiger partial charge is 0.208 e. The van der Waals surface area contributed by atoms with Gasteiger partial charge in [-0.05, 0) is 29.0 Å². The number of hydrogen-bond donors (Lipinski definition) is 0. The maximum atomic E-state index is 8.37. The number of aromatic nitrogens is 3. The van der Waals surface area contributed by atoms with Crippen LogP contribution in [-0.4, -0.2) is 15.0 Å². The maximum absolute atomic E-state index is 8.37. The predicted octanol–water partition coefficient (Wildman–Crippen LogP) is 6.68. The molecular weight excluding hydrogens is 378 g/mol. The second kappa shape index (κ2) is 7.46. The summed E-state index contributed by atoms with van der Waals surface area (Å²) in [5, 5.41) is 2.55. The van der Waals surface area contributed by atoms with Crippen molar-refractivity contribution in [1.82, 2.24) is 15.0 Å². The van der Waals surface area contributed by atoms with Gasteiger partial charge in [0.1, 0.15) is 0 Å². The molecule has 0 amide bonds. The van der Waals surface area contributed by atoms with Crippen molar-refractivity contribution in [3.63, 3.8) is 0 Å². The van der Waals surface area contributed by atoms with Crippen LogP contribution in [0, 0.1) is 0 Å². The van der Waals surface area contributed by atoms with E-state index in [1.54, 1.807) is 24.3 Å². The van der Waals surface area contributed by atoms with Gasteiger partial charge in [-0.25, -0.2) is 15.0 Å². The van der Waals surface area contributed by atoms with E-state index in [-0.39, 0.29) is 29.3 Å². The SMILES string of the molecule is [2H]c1c([2H])c([2H])c(-c2nc(-c3cccc(Cl)c3)nc(-c3ccc4ccccc4c3)n2)c([2H])c1[2H]. The molecule has 0 bridgehead atoms. The van der Waals surface area contributed by atoms with Crippen molar-refractivity contribution in [1.29, 1.82) is 0 Å². The van der Waals surface area contributed by atoms with E-state index < -0.39 is 18.1 Å². The topological polar surface area (TPSA) is 38.7 Å². The summed E-state index contributed by atoms with van der Waals surface area (Å²) in [7, 11) is 0. The second-order valence-electron chi connectivity index (χ2n) is 6.38. The fraction of sp³-hybridized carbons (Fsp3) is 0. The molecule has 0 atom stereocenters. The van der Waals surface area contributed by atoms with Gasteiger partial charge in [-0.1, -0.05) is 90.3 Å². The van der Waals surface area contributed by atoms with E-state index in [1.807, 2.05) is 42.5 Å². The zero-order chi connectivity index (χ0) is 24.0. The Balaban J connectivity index is 1.80. The molecule has 0 fully saturated rings. The first kappa shape index (κ1) is 12.8. The van der Waals surface area contributed by atoms with Crippen LogP contribution in [0.25, 0.3) is 44.9 Å². The summed E-state index contributed by atoms with van der Waals surface area (Å²) in [6.45, 7) is 0. The summed E-state index contributed by atoms with van der Waals surface area (Å²) in [4.78, 5) is 13.7. The predicted molar refractivity (Wildman–Crippen MR) is 119 cm³/mol. The highest BCUT2D eigenvalue weighted by Crippen LogP contribution is 2.27. The Kier molecular flexibility index (Phi) is 3.29. The highest BCUT2D eigenvalue weighted by atomic mass is 35.5. The molecule has 0 saturated carbocycles. The molecule has 0 aliphatic carbocycles. The van der Waals surface area contributed by atoms with E-state index in [1.165, 1.54) is 0 Å². The van der Waals surface area contributed by atoms with E-state index >= 15 is 0 Å². The first-order valence-electron chi connectivity index (χ1n) is 11.4. The molecule has 4 heteroatoms. The van der Waals surface area contributed by atoms with Crippen LogP contribution < -0.4 is 0 Å². The average Bonchev–Trinajstić information content (AvgIpc) is 2.86. The van der Waals surface area contributed by atoms with Gasteiger partial charge in [-0.3, -0.25) is 0 Å². The molecular formula is C25H16ClN3. The fourth-order valence-electron chi connectivity index (χ4n) is 3.06. The minimum Gasteiger partial charge on any atom is -0.208 e. The summed E-state index contributed by atoms with van der Waals surface area (Å²) in [6, 6.07) is 18.5. The first-order chi connectivity index (χ1) is 16.3. The Hall–Kier alpha value is -3.56. The zero-order valence-corrected chi connectivity index (χ0v) is 15.8. The quantitative estimate of drug-likeness (QED) is 0.340. The Morgan fingerprint density at radius 1 is 0.586 bits per heavy atom. The number of fused-ring (bicyclic) bond motifs is 1. The Morgan fingerprint density at radius 2 is 1.24 bits per heavy atom. The Bertz CT molecular complexity index is 1560. The third kappa shape index (κ3) is 3.60. The zero-order valence-electron chi connectivity index (χ0n) is 20.1. The number of nitrogens with zero attached hydrogens (tertiary/aromatic N) is 3. The summed E-state index contributed by atoms with van der Waals surface area (Å²) >= 11 is 6.18. The lowest BCUT2D eigenvalue weighted by Crippen LogP contribution is -2.00. The van der Waals surface area contributed by atoms with Crippen molar-refractivity contribution < 1.29 is 6.85 Å². The number of hydrogen-bond acceptors (Lipinski definition) is 3. The summed E-state index contributed by atoms with van der Waals surface area (Å²) in [6.07, 6.45) is 0. The molecule has 138 valence electrons. The third-order valence-corrected chi connectivity index (χ3v) is 4.68. The van der Waals surface area contributed by atoms with Crippen LogP contribution in [0.1, 0.15) is 6.85 Å². The molecule has 5 aromatic rings. The third-order valence-electron chi connectivity index (χ3n) is 4.45. The second-order valence-corrected chi connectivity index (χ2v) is 6.81. The van der Waals surface area contributed by atoms with Crippen LogP contribution in [0.2, 0.25) is 5.02 Å². The lowest BCUT2D eigenvalue weighted by molar-refractivity contribution is 1.07. The molecule has 0 aliphatic heterocycles. The van der Waals surface area contributed by atoms with Gasteiger partial charge >= 0.3 is 0 Å². The van der Waals surface area contributed by atoms with Gasteiger partial charge in [-0.15, -0.1) is 0 Å². The molecule has 0 spiro atoms. The molecule has 1 aromatic heterocycles. The number of rotatable bonds is 3. The molecule has 0 unspecified atom stereocenters. The van der Waals surface area contributed by atoms with E-state index in [4.69, 9.17) is 18.5 Å². The van der Waals surface area contributed by atoms with E-state index in [2.05, 4.69) is 15.0 Å². The minimum absolute atomic E-state index is 0.00914. The van der Waals surface area contributed by atoms with Gasteiger partial charge < -0.3 is 0 Å². The molecule has 4 aromatic carbocycles. The van der Waals surface area contributed by atoms with Crippen LogP contribution >= 0.6 is 11.6 Å². The van der Waals surface area contributed by atoms with Crippen molar-refractivity contribution in [2.45, 2.75) is 0 Å². The van der Waals surface area contributed by atoms with Gasteiger partial charge in [0, 0.05) is 21.7 Å². The molecule has 3 nitrogen and oxygen atoms in total. The summed E-state index contributed by atoms with van der Waals surface area (Å²) in [5.41, 5.74) is 1.24. The molecule has 5 rings (SSSR count). The number of halogens is 1. The van der Waals surface area contributed by atoms with Crippen molar-refractivity contribution in [3.05, 3.63) is 102 Å². The van der Waals surface area contributed by atoms with Crippen LogP contribution in [0.15, 0.2) is 96.9 Å². The van der Waals surface area contributed by atoms with E-state index in [0.717, 1.165) is 10.8 Å². The van der Waals surface area contributed by atoms with Crippen molar-refractivity contribution in [3.8, 4) is 34.2 Å². The van der Waals surface area contributed by atoms with Gasteiger partial charge in [-0.2, -0.15) is 0 Å². The molecule has 29 heavy (non-hydrogen) atoms.